The highest BCUT2D eigenvalue weighted by atomic mass is 32.2. The lowest BCUT2D eigenvalue weighted by atomic mass is 10.1. The summed E-state index contributed by atoms with van der Waals surface area (Å²) in [4.78, 5) is 32.7. The molecule has 1 aromatic heterocycles. The summed E-state index contributed by atoms with van der Waals surface area (Å²) in [7, 11) is 0. The van der Waals surface area contributed by atoms with E-state index in [1.807, 2.05) is 13.8 Å². The van der Waals surface area contributed by atoms with Crippen molar-refractivity contribution in [1.29, 1.82) is 0 Å². The van der Waals surface area contributed by atoms with Crippen molar-refractivity contribution in [1.82, 2.24) is 14.5 Å². The molecule has 4 rings (SSSR count). The van der Waals surface area contributed by atoms with Gasteiger partial charge in [0, 0.05) is 24.4 Å². The van der Waals surface area contributed by atoms with E-state index in [-0.39, 0.29) is 17.3 Å². The van der Waals surface area contributed by atoms with E-state index in [0.717, 1.165) is 5.56 Å². The number of carbonyl (C=O) groups is 1. The van der Waals surface area contributed by atoms with Gasteiger partial charge in [-0.15, -0.1) is 0 Å². The molecule has 0 radical (unpaired) electrons. The molecular formula is C26H23F2N3O2S. The van der Waals surface area contributed by atoms with Gasteiger partial charge in [0.2, 0.25) is 0 Å². The fourth-order valence-corrected chi connectivity index (χ4v) is 4.66. The zero-order valence-electron chi connectivity index (χ0n) is 18.8. The maximum absolute atomic E-state index is 14.0. The van der Waals surface area contributed by atoms with Gasteiger partial charge >= 0.3 is 0 Å². The van der Waals surface area contributed by atoms with Crippen molar-refractivity contribution < 1.29 is 13.6 Å². The molecule has 0 unspecified atom stereocenters. The molecule has 0 aliphatic heterocycles. The number of rotatable bonds is 7. The van der Waals surface area contributed by atoms with Crippen LogP contribution in [0.1, 0.15) is 29.8 Å². The minimum atomic E-state index is -0.481. The molecule has 0 aliphatic rings. The fraction of sp³-hybridized carbons (Fsp3) is 0.192. The summed E-state index contributed by atoms with van der Waals surface area (Å²) in [6.07, 6.45) is 0. The van der Waals surface area contributed by atoms with Crippen molar-refractivity contribution in [2.45, 2.75) is 24.8 Å². The Hall–Kier alpha value is -3.52. The van der Waals surface area contributed by atoms with Crippen molar-refractivity contribution in [2.75, 3.05) is 13.1 Å². The summed E-state index contributed by atoms with van der Waals surface area (Å²) in [6.45, 7) is 4.94. The van der Waals surface area contributed by atoms with E-state index >= 15 is 0 Å². The van der Waals surface area contributed by atoms with Crippen molar-refractivity contribution >= 4 is 28.6 Å². The third kappa shape index (κ3) is 4.87. The maximum Gasteiger partial charge on any atom is 0.266 e. The fourth-order valence-electron chi connectivity index (χ4n) is 3.71. The summed E-state index contributed by atoms with van der Waals surface area (Å²) in [5.74, 6) is -0.627. The van der Waals surface area contributed by atoms with Crippen molar-refractivity contribution in [3.05, 3.63) is 99.8 Å². The Morgan fingerprint density at radius 3 is 2.35 bits per heavy atom. The molecule has 0 atom stereocenters. The van der Waals surface area contributed by atoms with Gasteiger partial charge in [-0.2, -0.15) is 0 Å². The lowest BCUT2D eigenvalue weighted by Gasteiger charge is -2.19. The molecule has 8 heteroatoms. The summed E-state index contributed by atoms with van der Waals surface area (Å²) in [6, 6.07) is 16.7. The largest absolute Gasteiger partial charge is 0.339 e. The number of benzene rings is 3. The van der Waals surface area contributed by atoms with Gasteiger partial charge in [-0.1, -0.05) is 30.0 Å². The van der Waals surface area contributed by atoms with Crippen LogP contribution >= 0.6 is 11.8 Å². The molecule has 34 heavy (non-hydrogen) atoms. The molecule has 174 valence electrons. The Morgan fingerprint density at radius 2 is 1.68 bits per heavy atom. The highest BCUT2D eigenvalue weighted by molar-refractivity contribution is 7.98. The second-order valence-electron chi connectivity index (χ2n) is 7.64. The van der Waals surface area contributed by atoms with Gasteiger partial charge in [0.05, 0.1) is 16.6 Å². The molecule has 0 fully saturated rings. The van der Waals surface area contributed by atoms with Crippen LogP contribution in [0, 0.1) is 11.6 Å². The molecule has 1 amide bonds. The van der Waals surface area contributed by atoms with Crippen molar-refractivity contribution in [2.24, 2.45) is 0 Å². The van der Waals surface area contributed by atoms with Crippen LogP contribution in [0.3, 0.4) is 0 Å². The van der Waals surface area contributed by atoms with E-state index in [0.29, 0.717) is 46.2 Å². The minimum Gasteiger partial charge on any atom is -0.339 e. The molecule has 3 aromatic carbocycles. The van der Waals surface area contributed by atoms with Crippen molar-refractivity contribution in [3.8, 4) is 5.69 Å². The number of amides is 1. The molecule has 0 spiro atoms. The van der Waals surface area contributed by atoms with E-state index in [4.69, 9.17) is 0 Å². The molecule has 0 N–H and O–H groups in total. The highest BCUT2D eigenvalue weighted by Crippen LogP contribution is 2.26. The number of hydrogen-bond donors (Lipinski definition) is 0. The predicted molar refractivity (Wildman–Crippen MR) is 131 cm³/mol. The second kappa shape index (κ2) is 10.2. The van der Waals surface area contributed by atoms with Gasteiger partial charge in [-0.25, -0.2) is 13.8 Å². The average Bonchev–Trinajstić information content (AvgIpc) is 2.83. The lowest BCUT2D eigenvalue weighted by Crippen LogP contribution is -2.30. The molecule has 0 aliphatic carbocycles. The predicted octanol–water partition coefficient (Wildman–Crippen LogP) is 5.44. The number of fused-ring (bicyclic) bond motifs is 1. The molecule has 4 aromatic rings. The topological polar surface area (TPSA) is 55.2 Å². The van der Waals surface area contributed by atoms with Gasteiger partial charge in [0.25, 0.3) is 11.5 Å². The van der Waals surface area contributed by atoms with E-state index in [1.165, 1.54) is 46.7 Å². The first kappa shape index (κ1) is 23.6. The number of halogens is 2. The second-order valence-corrected chi connectivity index (χ2v) is 8.59. The number of thioether (sulfide) groups is 1. The van der Waals surface area contributed by atoms with E-state index in [1.54, 1.807) is 41.3 Å². The van der Waals surface area contributed by atoms with Crippen LogP contribution in [0.25, 0.3) is 16.6 Å². The Balaban J connectivity index is 1.85. The van der Waals surface area contributed by atoms with Crippen LogP contribution in [0.5, 0.6) is 0 Å². The third-order valence-electron chi connectivity index (χ3n) is 5.46. The smallest absolute Gasteiger partial charge is 0.266 e. The monoisotopic (exact) mass is 479 g/mol. The molecule has 0 bridgehead atoms. The first-order chi connectivity index (χ1) is 16.4. The van der Waals surface area contributed by atoms with E-state index in [2.05, 4.69) is 4.98 Å². The van der Waals surface area contributed by atoms with Gasteiger partial charge in [0.15, 0.2) is 5.16 Å². The maximum atomic E-state index is 14.0. The first-order valence-electron chi connectivity index (χ1n) is 10.9. The highest BCUT2D eigenvalue weighted by Gasteiger charge is 2.18. The van der Waals surface area contributed by atoms with Gasteiger partial charge < -0.3 is 4.90 Å². The van der Waals surface area contributed by atoms with Crippen LogP contribution in [0.4, 0.5) is 8.78 Å². The Labute approximate surface area is 200 Å². The van der Waals surface area contributed by atoms with E-state index < -0.39 is 5.82 Å². The van der Waals surface area contributed by atoms with Crippen LogP contribution in [-0.2, 0) is 5.75 Å². The molecule has 0 saturated heterocycles. The number of carbonyl (C=O) groups excluding carboxylic acids is 1. The van der Waals surface area contributed by atoms with Crippen LogP contribution in [0.2, 0.25) is 0 Å². The standard InChI is InChI=1S/C26H23F2N3O2S/c1-3-30(4-2)24(32)18-11-12-22-23(14-18)29-26(34-16-17-7-5-8-19(27)13-17)31(25(22)33)21-10-6-9-20(28)15-21/h5-15H,3-4,16H2,1-2H3. The summed E-state index contributed by atoms with van der Waals surface area (Å²) >= 11 is 1.24. The van der Waals surface area contributed by atoms with E-state index in [9.17, 15) is 18.4 Å². The molecule has 0 saturated carbocycles. The SMILES string of the molecule is CCN(CC)C(=O)c1ccc2c(=O)n(-c3cccc(F)c3)c(SCc3cccc(F)c3)nc2c1. The van der Waals surface area contributed by atoms with Crippen LogP contribution in [0.15, 0.2) is 76.7 Å². The van der Waals surface area contributed by atoms with Crippen LogP contribution < -0.4 is 5.56 Å². The number of hydrogen-bond acceptors (Lipinski definition) is 4. The first-order valence-corrected chi connectivity index (χ1v) is 11.9. The number of nitrogens with zero attached hydrogens (tertiary/aromatic N) is 3. The Kier molecular flexibility index (Phi) is 7.07. The summed E-state index contributed by atoms with van der Waals surface area (Å²) in [5.41, 5.74) is 1.49. The molecule has 1 heterocycles. The van der Waals surface area contributed by atoms with Gasteiger partial charge in [0.1, 0.15) is 11.6 Å². The normalized spacial score (nSPS) is 11.1. The zero-order chi connectivity index (χ0) is 24.2. The third-order valence-corrected chi connectivity index (χ3v) is 6.47. The average molecular weight is 480 g/mol. The summed E-state index contributed by atoms with van der Waals surface area (Å²) < 4.78 is 29.0. The minimum absolute atomic E-state index is 0.142. The molecule has 5 nitrogen and oxygen atoms in total. The quantitative estimate of drug-likeness (QED) is 0.262. The zero-order valence-corrected chi connectivity index (χ0v) is 19.6. The summed E-state index contributed by atoms with van der Waals surface area (Å²) in [5, 5.41) is 0.635. The van der Waals surface area contributed by atoms with Gasteiger partial charge in [-0.3, -0.25) is 14.2 Å². The van der Waals surface area contributed by atoms with Crippen LogP contribution in [-0.4, -0.2) is 33.4 Å². The van der Waals surface area contributed by atoms with Gasteiger partial charge in [-0.05, 0) is 67.9 Å². The Bertz CT molecular complexity index is 1420. The Morgan fingerprint density at radius 1 is 0.971 bits per heavy atom. The number of aromatic nitrogens is 2. The van der Waals surface area contributed by atoms with Crippen molar-refractivity contribution in [3.63, 3.8) is 0 Å². The molecular weight excluding hydrogens is 456 g/mol. The lowest BCUT2D eigenvalue weighted by molar-refractivity contribution is 0.0773.